The second-order valence-electron chi connectivity index (χ2n) is 2.95. The fourth-order valence-corrected chi connectivity index (χ4v) is 1.51. The second kappa shape index (κ2) is 3.49. The Labute approximate surface area is 81.5 Å². The topological polar surface area (TPSA) is 46.9 Å². The average Bonchev–Trinajstić information content (AvgIpc) is 2.58. The van der Waals surface area contributed by atoms with Crippen molar-refractivity contribution in [2.75, 3.05) is 5.43 Å². The number of fused-ring (bicyclic) bond motifs is 1. The first-order valence-corrected chi connectivity index (χ1v) is 4.53. The Bertz CT molecular complexity index is 461. The van der Waals surface area contributed by atoms with Gasteiger partial charge in [0.15, 0.2) is 0 Å². The molecule has 4 nitrogen and oxygen atoms in total. The number of para-hydroxylation sites is 2. The van der Waals surface area contributed by atoms with Gasteiger partial charge < -0.3 is 0 Å². The van der Waals surface area contributed by atoms with Gasteiger partial charge in [-0.25, -0.2) is 9.66 Å². The van der Waals surface area contributed by atoms with E-state index in [0.717, 1.165) is 23.3 Å². The van der Waals surface area contributed by atoms with Gasteiger partial charge in [0.1, 0.15) is 5.82 Å². The fourth-order valence-electron chi connectivity index (χ4n) is 1.51. The molecular weight excluding hydrogens is 178 g/mol. The normalized spacial score (nSPS) is 10.4. The van der Waals surface area contributed by atoms with E-state index in [0.29, 0.717) is 6.41 Å². The first-order chi connectivity index (χ1) is 6.86. The predicted molar refractivity (Wildman–Crippen MR) is 54.5 cm³/mol. The van der Waals surface area contributed by atoms with Crippen LogP contribution in [0.2, 0.25) is 0 Å². The maximum atomic E-state index is 10.4. The number of carbonyl (C=O) groups excluding carboxylic acids is 1. The molecule has 2 aromatic rings. The van der Waals surface area contributed by atoms with Crippen LogP contribution in [-0.4, -0.2) is 16.1 Å². The molecule has 1 aromatic carbocycles. The summed E-state index contributed by atoms with van der Waals surface area (Å²) in [5.41, 5.74) is 4.45. The summed E-state index contributed by atoms with van der Waals surface area (Å²) >= 11 is 0. The van der Waals surface area contributed by atoms with Crippen LogP contribution < -0.4 is 5.43 Å². The number of aromatic nitrogens is 2. The quantitative estimate of drug-likeness (QED) is 0.740. The van der Waals surface area contributed by atoms with Crippen molar-refractivity contribution >= 4 is 17.4 Å². The molecule has 0 spiro atoms. The lowest BCUT2D eigenvalue weighted by Gasteiger charge is -2.03. The summed E-state index contributed by atoms with van der Waals surface area (Å²) in [6.45, 7) is 2.00. The van der Waals surface area contributed by atoms with Crippen LogP contribution in [0.3, 0.4) is 0 Å². The smallest absolute Gasteiger partial charge is 0.226 e. The Morgan fingerprint density at radius 1 is 1.50 bits per heavy atom. The maximum Gasteiger partial charge on any atom is 0.226 e. The fraction of sp³-hybridized carbons (Fsp3) is 0.200. The van der Waals surface area contributed by atoms with Crippen molar-refractivity contribution < 1.29 is 4.79 Å². The van der Waals surface area contributed by atoms with Crippen LogP contribution >= 0.6 is 0 Å². The first-order valence-electron chi connectivity index (χ1n) is 4.53. The largest absolute Gasteiger partial charge is 0.277 e. The molecule has 1 amide bonds. The van der Waals surface area contributed by atoms with Gasteiger partial charge in [0.05, 0.1) is 11.0 Å². The summed E-state index contributed by atoms with van der Waals surface area (Å²) in [7, 11) is 0. The average molecular weight is 189 g/mol. The molecule has 1 N–H and O–H groups in total. The van der Waals surface area contributed by atoms with Crippen molar-refractivity contribution in [1.29, 1.82) is 0 Å². The minimum Gasteiger partial charge on any atom is -0.277 e. The third-order valence-electron chi connectivity index (χ3n) is 2.13. The molecule has 1 heterocycles. The van der Waals surface area contributed by atoms with Crippen molar-refractivity contribution in [3.8, 4) is 0 Å². The molecule has 0 aliphatic carbocycles. The third kappa shape index (κ3) is 1.25. The van der Waals surface area contributed by atoms with Gasteiger partial charge in [0.2, 0.25) is 6.41 Å². The first kappa shape index (κ1) is 8.74. The molecule has 14 heavy (non-hydrogen) atoms. The van der Waals surface area contributed by atoms with Gasteiger partial charge in [0, 0.05) is 6.42 Å². The lowest BCUT2D eigenvalue weighted by atomic mass is 10.3. The number of aryl methyl sites for hydroxylation is 1. The molecule has 4 heteroatoms. The van der Waals surface area contributed by atoms with Crippen molar-refractivity contribution in [1.82, 2.24) is 9.66 Å². The number of hydrogen-bond acceptors (Lipinski definition) is 2. The number of imidazole rings is 1. The molecule has 0 aliphatic heterocycles. The molecule has 0 radical (unpaired) electrons. The van der Waals surface area contributed by atoms with E-state index in [1.165, 1.54) is 0 Å². The van der Waals surface area contributed by atoms with E-state index in [9.17, 15) is 4.79 Å². The highest BCUT2D eigenvalue weighted by atomic mass is 16.1. The highest BCUT2D eigenvalue weighted by Crippen LogP contribution is 2.14. The van der Waals surface area contributed by atoms with Crippen LogP contribution in [0.1, 0.15) is 12.7 Å². The van der Waals surface area contributed by atoms with E-state index >= 15 is 0 Å². The summed E-state index contributed by atoms with van der Waals surface area (Å²) in [5, 5.41) is 0. The number of nitrogens with one attached hydrogen (secondary N) is 1. The molecule has 2 rings (SSSR count). The molecule has 0 fully saturated rings. The van der Waals surface area contributed by atoms with Crippen LogP contribution in [-0.2, 0) is 11.2 Å². The second-order valence-corrected chi connectivity index (χ2v) is 2.95. The SMILES string of the molecule is CCc1nc2ccccc2n1NC=O. The van der Waals surface area contributed by atoms with Gasteiger partial charge in [-0.15, -0.1) is 0 Å². The number of amides is 1. The number of rotatable bonds is 3. The monoisotopic (exact) mass is 189 g/mol. The summed E-state index contributed by atoms with van der Waals surface area (Å²) in [4.78, 5) is 14.8. The molecule has 0 bridgehead atoms. The molecule has 0 saturated heterocycles. The highest BCUT2D eigenvalue weighted by molar-refractivity contribution is 5.77. The van der Waals surface area contributed by atoms with E-state index in [1.54, 1.807) is 4.68 Å². The van der Waals surface area contributed by atoms with E-state index < -0.39 is 0 Å². The summed E-state index contributed by atoms with van der Waals surface area (Å²) < 4.78 is 1.71. The van der Waals surface area contributed by atoms with Gasteiger partial charge in [0.25, 0.3) is 0 Å². The van der Waals surface area contributed by atoms with Crippen LogP contribution in [0.5, 0.6) is 0 Å². The van der Waals surface area contributed by atoms with Gasteiger partial charge in [-0.3, -0.25) is 10.2 Å². The molecule has 0 saturated carbocycles. The molecule has 72 valence electrons. The molecule has 0 atom stereocenters. The van der Waals surface area contributed by atoms with E-state index in [1.807, 2.05) is 31.2 Å². The molecule has 0 unspecified atom stereocenters. The molecule has 0 aliphatic rings. The zero-order chi connectivity index (χ0) is 9.97. The zero-order valence-corrected chi connectivity index (χ0v) is 7.90. The Kier molecular flexibility index (Phi) is 2.18. The predicted octanol–water partition coefficient (Wildman–Crippen LogP) is 1.30. The van der Waals surface area contributed by atoms with Crippen LogP contribution in [0.4, 0.5) is 0 Å². The van der Waals surface area contributed by atoms with Crippen molar-refractivity contribution in [3.05, 3.63) is 30.1 Å². The number of benzene rings is 1. The van der Waals surface area contributed by atoms with Gasteiger partial charge in [-0.2, -0.15) is 0 Å². The van der Waals surface area contributed by atoms with Crippen molar-refractivity contribution in [2.24, 2.45) is 0 Å². The summed E-state index contributed by atoms with van der Waals surface area (Å²) in [6, 6.07) is 7.71. The Morgan fingerprint density at radius 2 is 2.29 bits per heavy atom. The third-order valence-corrected chi connectivity index (χ3v) is 2.13. The standard InChI is InChI=1S/C10H11N3O/c1-2-10-12-8-5-3-4-6-9(8)13(10)11-7-14/h3-7H,2H2,1H3,(H,11,14). The Morgan fingerprint density at radius 3 is 3.00 bits per heavy atom. The minimum atomic E-state index is 0.660. The summed E-state index contributed by atoms with van der Waals surface area (Å²) in [5.74, 6) is 0.860. The van der Waals surface area contributed by atoms with Crippen LogP contribution in [0.15, 0.2) is 24.3 Å². The van der Waals surface area contributed by atoms with Gasteiger partial charge in [-0.1, -0.05) is 19.1 Å². The van der Waals surface area contributed by atoms with Crippen molar-refractivity contribution in [2.45, 2.75) is 13.3 Å². The van der Waals surface area contributed by atoms with E-state index in [4.69, 9.17) is 0 Å². The maximum absolute atomic E-state index is 10.4. The lowest BCUT2D eigenvalue weighted by Crippen LogP contribution is -2.15. The van der Waals surface area contributed by atoms with E-state index in [-0.39, 0.29) is 0 Å². The number of hydrogen-bond donors (Lipinski definition) is 1. The molecular formula is C10H11N3O. The van der Waals surface area contributed by atoms with Gasteiger partial charge in [-0.05, 0) is 12.1 Å². The van der Waals surface area contributed by atoms with Crippen LogP contribution in [0, 0.1) is 0 Å². The Balaban J connectivity index is 2.67. The zero-order valence-electron chi connectivity index (χ0n) is 7.90. The number of carbonyl (C=O) groups is 1. The lowest BCUT2D eigenvalue weighted by molar-refractivity contribution is -0.106. The van der Waals surface area contributed by atoms with Crippen molar-refractivity contribution in [3.63, 3.8) is 0 Å². The highest BCUT2D eigenvalue weighted by Gasteiger charge is 2.06. The van der Waals surface area contributed by atoms with Gasteiger partial charge >= 0.3 is 0 Å². The summed E-state index contributed by atoms with van der Waals surface area (Å²) in [6.07, 6.45) is 1.45. The van der Waals surface area contributed by atoms with Crippen LogP contribution in [0.25, 0.3) is 11.0 Å². The Hall–Kier alpha value is -1.84. The number of nitrogens with zero attached hydrogens (tertiary/aromatic N) is 2. The van der Waals surface area contributed by atoms with E-state index in [2.05, 4.69) is 10.4 Å². The molecule has 1 aromatic heterocycles. The minimum absolute atomic E-state index is 0.660.